The highest BCUT2D eigenvalue weighted by atomic mass is 79.9. The molecule has 0 amide bonds. The van der Waals surface area contributed by atoms with Gasteiger partial charge in [-0.25, -0.2) is 0 Å². The Morgan fingerprint density at radius 3 is 2.69 bits per heavy atom. The first-order chi connectivity index (χ1) is 7.76. The lowest BCUT2D eigenvalue weighted by Crippen LogP contribution is -2.57. The second-order valence-corrected chi connectivity index (χ2v) is 5.12. The highest BCUT2D eigenvalue weighted by Gasteiger charge is 2.37. The van der Waals surface area contributed by atoms with E-state index >= 15 is 0 Å². The van der Waals surface area contributed by atoms with E-state index in [1.807, 2.05) is 6.08 Å². The maximum atomic E-state index is 5.83. The first-order valence-electron chi connectivity index (χ1n) is 5.56. The van der Waals surface area contributed by atoms with Crippen molar-refractivity contribution in [2.24, 2.45) is 5.73 Å². The zero-order valence-corrected chi connectivity index (χ0v) is 10.9. The van der Waals surface area contributed by atoms with Gasteiger partial charge < -0.3 is 5.73 Å². The Hall–Kier alpha value is -0.640. The fourth-order valence-corrected chi connectivity index (χ4v) is 2.62. The SMILES string of the molecule is C=CCN1C[C@H](c2ccc(Br)cc2)[C@@H]1CN. The largest absolute Gasteiger partial charge is 0.329 e. The van der Waals surface area contributed by atoms with Gasteiger partial charge in [0.25, 0.3) is 0 Å². The molecular weight excluding hydrogens is 264 g/mol. The molecule has 2 atom stereocenters. The molecule has 0 radical (unpaired) electrons. The van der Waals surface area contributed by atoms with Gasteiger partial charge in [0, 0.05) is 36.1 Å². The van der Waals surface area contributed by atoms with Gasteiger partial charge in [-0.15, -0.1) is 6.58 Å². The molecule has 0 spiro atoms. The molecule has 1 heterocycles. The summed E-state index contributed by atoms with van der Waals surface area (Å²) in [4.78, 5) is 2.37. The van der Waals surface area contributed by atoms with Crippen LogP contribution in [0, 0.1) is 0 Å². The van der Waals surface area contributed by atoms with Crippen molar-refractivity contribution in [1.82, 2.24) is 4.90 Å². The third kappa shape index (κ3) is 2.21. The molecule has 86 valence electrons. The Bertz CT molecular complexity index is 361. The first-order valence-corrected chi connectivity index (χ1v) is 6.36. The van der Waals surface area contributed by atoms with Crippen LogP contribution >= 0.6 is 15.9 Å². The minimum Gasteiger partial charge on any atom is -0.329 e. The summed E-state index contributed by atoms with van der Waals surface area (Å²) in [6.07, 6.45) is 1.94. The van der Waals surface area contributed by atoms with E-state index in [0.717, 1.165) is 17.6 Å². The van der Waals surface area contributed by atoms with E-state index in [0.29, 0.717) is 18.5 Å². The van der Waals surface area contributed by atoms with Gasteiger partial charge in [-0.3, -0.25) is 4.90 Å². The van der Waals surface area contributed by atoms with Crippen LogP contribution in [-0.2, 0) is 0 Å². The maximum absolute atomic E-state index is 5.83. The molecule has 3 heteroatoms. The van der Waals surface area contributed by atoms with Gasteiger partial charge >= 0.3 is 0 Å². The van der Waals surface area contributed by atoms with Crippen molar-refractivity contribution >= 4 is 15.9 Å². The van der Waals surface area contributed by atoms with Gasteiger partial charge in [0.1, 0.15) is 0 Å². The molecule has 2 nitrogen and oxygen atoms in total. The summed E-state index contributed by atoms with van der Waals surface area (Å²) in [7, 11) is 0. The minimum atomic E-state index is 0.471. The van der Waals surface area contributed by atoms with Gasteiger partial charge in [0.15, 0.2) is 0 Å². The van der Waals surface area contributed by atoms with Crippen molar-refractivity contribution in [3.05, 3.63) is 47.0 Å². The van der Waals surface area contributed by atoms with Crippen LogP contribution in [0.4, 0.5) is 0 Å². The molecule has 1 aliphatic heterocycles. The summed E-state index contributed by atoms with van der Waals surface area (Å²) in [5.74, 6) is 0.582. The molecule has 1 aromatic carbocycles. The zero-order valence-electron chi connectivity index (χ0n) is 9.27. The van der Waals surface area contributed by atoms with Crippen molar-refractivity contribution < 1.29 is 0 Å². The first kappa shape index (κ1) is 11.8. The van der Waals surface area contributed by atoms with Crippen LogP contribution in [0.3, 0.4) is 0 Å². The van der Waals surface area contributed by atoms with E-state index in [-0.39, 0.29) is 0 Å². The van der Waals surface area contributed by atoms with E-state index in [1.54, 1.807) is 0 Å². The third-order valence-corrected chi connectivity index (χ3v) is 3.80. The maximum Gasteiger partial charge on any atom is 0.0302 e. The standard InChI is InChI=1S/C13H17BrN2/c1-2-7-16-9-12(13(16)8-15)10-3-5-11(14)6-4-10/h2-6,12-13H,1,7-9,15H2/t12-,13+/m1/s1. The number of likely N-dealkylation sites (tertiary alicyclic amines) is 1. The van der Waals surface area contributed by atoms with Gasteiger partial charge in [-0.2, -0.15) is 0 Å². The fourth-order valence-electron chi connectivity index (χ4n) is 2.35. The Kier molecular flexibility index (Phi) is 3.79. The van der Waals surface area contributed by atoms with Crippen LogP contribution in [0.1, 0.15) is 11.5 Å². The van der Waals surface area contributed by atoms with Crippen LogP contribution in [0.15, 0.2) is 41.4 Å². The Balaban J connectivity index is 2.06. The predicted molar refractivity (Wildman–Crippen MR) is 71.5 cm³/mol. The smallest absolute Gasteiger partial charge is 0.0302 e. The van der Waals surface area contributed by atoms with Crippen molar-refractivity contribution in [2.75, 3.05) is 19.6 Å². The lowest BCUT2D eigenvalue weighted by atomic mass is 9.82. The summed E-state index contributed by atoms with van der Waals surface area (Å²) < 4.78 is 1.13. The molecule has 1 saturated heterocycles. The quantitative estimate of drug-likeness (QED) is 0.858. The second-order valence-electron chi connectivity index (χ2n) is 4.20. The molecule has 0 saturated carbocycles. The van der Waals surface area contributed by atoms with Crippen molar-refractivity contribution in [3.8, 4) is 0 Å². The van der Waals surface area contributed by atoms with Crippen molar-refractivity contribution in [1.29, 1.82) is 0 Å². The Morgan fingerprint density at radius 1 is 1.44 bits per heavy atom. The fraction of sp³-hybridized carbons (Fsp3) is 0.385. The molecule has 0 unspecified atom stereocenters. The van der Waals surface area contributed by atoms with Crippen LogP contribution in [0.5, 0.6) is 0 Å². The zero-order chi connectivity index (χ0) is 11.5. The molecular formula is C13H17BrN2. The van der Waals surface area contributed by atoms with Crippen LogP contribution in [0.2, 0.25) is 0 Å². The number of hydrogen-bond donors (Lipinski definition) is 1. The monoisotopic (exact) mass is 280 g/mol. The summed E-state index contributed by atoms with van der Waals surface area (Å²) in [6, 6.07) is 9.03. The van der Waals surface area contributed by atoms with Crippen LogP contribution in [0.25, 0.3) is 0 Å². The van der Waals surface area contributed by atoms with Crippen molar-refractivity contribution in [2.45, 2.75) is 12.0 Å². The summed E-state index contributed by atoms with van der Waals surface area (Å²) in [5.41, 5.74) is 7.21. The predicted octanol–water partition coefficient (Wildman–Crippen LogP) is 2.36. The van der Waals surface area contributed by atoms with Gasteiger partial charge in [-0.1, -0.05) is 34.1 Å². The summed E-state index contributed by atoms with van der Waals surface area (Å²) in [6.45, 7) is 6.52. The number of benzene rings is 1. The molecule has 2 N–H and O–H groups in total. The molecule has 16 heavy (non-hydrogen) atoms. The number of nitrogens with zero attached hydrogens (tertiary/aromatic N) is 1. The van der Waals surface area contributed by atoms with E-state index < -0.39 is 0 Å². The lowest BCUT2D eigenvalue weighted by molar-refractivity contribution is 0.0795. The normalized spacial score (nSPS) is 25.1. The second kappa shape index (κ2) is 5.13. The molecule has 0 aromatic heterocycles. The van der Waals surface area contributed by atoms with Crippen molar-refractivity contribution in [3.63, 3.8) is 0 Å². The number of rotatable bonds is 4. The molecule has 0 bridgehead atoms. The van der Waals surface area contributed by atoms with E-state index in [9.17, 15) is 0 Å². The average Bonchev–Trinajstić information content (AvgIpc) is 2.26. The van der Waals surface area contributed by atoms with Crippen LogP contribution < -0.4 is 5.73 Å². The molecule has 1 aliphatic rings. The molecule has 1 fully saturated rings. The number of hydrogen-bond acceptors (Lipinski definition) is 2. The van der Waals surface area contributed by atoms with Gasteiger partial charge in [0.2, 0.25) is 0 Å². The van der Waals surface area contributed by atoms with E-state index in [2.05, 4.69) is 51.7 Å². The Labute approximate surface area is 105 Å². The molecule has 2 rings (SSSR count). The third-order valence-electron chi connectivity index (χ3n) is 3.27. The summed E-state index contributed by atoms with van der Waals surface area (Å²) >= 11 is 3.46. The highest BCUT2D eigenvalue weighted by molar-refractivity contribution is 9.10. The molecule has 1 aromatic rings. The lowest BCUT2D eigenvalue weighted by Gasteiger charge is -2.47. The Morgan fingerprint density at radius 2 is 2.12 bits per heavy atom. The number of halogens is 1. The summed E-state index contributed by atoms with van der Waals surface area (Å²) in [5, 5.41) is 0. The van der Waals surface area contributed by atoms with Gasteiger partial charge in [0.05, 0.1) is 0 Å². The van der Waals surface area contributed by atoms with Crippen LogP contribution in [-0.4, -0.2) is 30.6 Å². The van der Waals surface area contributed by atoms with Gasteiger partial charge in [-0.05, 0) is 17.7 Å². The van der Waals surface area contributed by atoms with E-state index in [1.165, 1.54) is 5.56 Å². The number of nitrogens with two attached hydrogens (primary N) is 1. The molecule has 0 aliphatic carbocycles. The van der Waals surface area contributed by atoms with E-state index in [4.69, 9.17) is 5.73 Å². The average molecular weight is 281 g/mol. The highest BCUT2D eigenvalue weighted by Crippen LogP contribution is 2.33. The minimum absolute atomic E-state index is 0.471. The topological polar surface area (TPSA) is 29.3 Å².